The second-order valence-corrected chi connectivity index (χ2v) is 7.09. The Morgan fingerprint density at radius 3 is 2.54 bits per heavy atom. The molecule has 0 aliphatic carbocycles. The van der Waals surface area contributed by atoms with Crippen molar-refractivity contribution in [2.45, 2.75) is 47.5 Å². The van der Waals surface area contributed by atoms with Crippen molar-refractivity contribution in [3.8, 4) is 5.75 Å². The molecule has 0 saturated heterocycles. The van der Waals surface area contributed by atoms with Crippen LogP contribution < -0.4 is 10.5 Å². The monoisotopic (exact) mass is 380 g/mol. The normalized spacial score (nSPS) is 11.0. The molecule has 0 unspecified atom stereocenters. The van der Waals surface area contributed by atoms with Gasteiger partial charge in [-0.1, -0.05) is 6.07 Å². The van der Waals surface area contributed by atoms with E-state index in [9.17, 15) is 9.59 Å². The standard InChI is InChI=1S/C21H24N4O3/c1-11-8-12(2)13(3)17(9-11)28-18(26)7-6-16-14(4)24-21-19(20(22)27)23-10-25(21)15(16)5/h8-10H,6-7H2,1-5H3,(H2,22,27). The minimum absolute atomic E-state index is 0.141. The van der Waals surface area contributed by atoms with Gasteiger partial charge in [0, 0.05) is 11.4 Å². The van der Waals surface area contributed by atoms with E-state index in [0.717, 1.165) is 33.6 Å². The number of primary amides is 1. The highest BCUT2D eigenvalue weighted by molar-refractivity contribution is 5.96. The predicted molar refractivity (Wildman–Crippen MR) is 106 cm³/mol. The summed E-state index contributed by atoms with van der Waals surface area (Å²) in [7, 11) is 0. The Bertz CT molecular complexity index is 1100. The molecule has 0 aliphatic rings. The molecule has 7 heteroatoms. The fraction of sp³-hybridized carbons (Fsp3) is 0.333. The van der Waals surface area contributed by atoms with E-state index in [1.807, 2.05) is 40.7 Å². The number of nitrogens with zero attached hydrogens (tertiary/aromatic N) is 3. The number of benzene rings is 1. The van der Waals surface area contributed by atoms with E-state index in [0.29, 0.717) is 17.8 Å². The molecule has 0 aliphatic heterocycles. The number of carbonyl (C=O) groups is 2. The molecule has 1 amide bonds. The van der Waals surface area contributed by atoms with Crippen LogP contribution in [0.4, 0.5) is 0 Å². The van der Waals surface area contributed by atoms with Gasteiger partial charge in [-0.05, 0) is 69.4 Å². The van der Waals surface area contributed by atoms with Crippen LogP contribution in [-0.2, 0) is 11.2 Å². The molecule has 2 heterocycles. The Balaban J connectivity index is 1.80. The van der Waals surface area contributed by atoms with Gasteiger partial charge in [0.05, 0.1) is 6.42 Å². The van der Waals surface area contributed by atoms with Crippen molar-refractivity contribution in [3.63, 3.8) is 0 Å². The molecule has 7 nitrogen and oxygen atoms in total. The molecular formula is C21H24N4O3. The average molecular weight is 380 g/mol. The minimum Gasteiger partial charge on any atom is -0.426 e. The highest BCUT2D eigenvalue weighted by Gasteiger charge is 2.18. The maximum absolute atomic E-state index is 12.4. The summed E-state index contributed by atoms with van der Waals surface area (Å²) in [5.74, 6) is -0.311. The third-order valence-corrected chi connectivity index (χ3v) is 5.05. The summed E-state index contributed by atoms with van der Waals surface area (Å²) < 4.78 is 7.32. The fourth-order valence-corrected chi connectivity index (χ4v) is 3.37. The molecule has 2 N–H and O–H groups in total. The fourth-order valence-electron chi connectivity index (χ4n) is 3.37. The number of hydrogen-bond acceptors (Lipinski definition) is 5. The Kier molecular flexibility index (Phi) is 5.18. The zero-order chi connectivity index (χ0) is 20.6. The average Bonchev–Trinajstić information content (AvgIpc) is 3.03. The Hall–Kier alpha value is -3.22. The summed E-state index contributed by atoms with van der Waals surface area (Å²) >= 11 is 0. The van der Waals surface area contributed by atoms with Gasteiger partial charge in [-0.25, -0.2) is 9.97 Å². The molecule has 0 saturated carbocycles. The molecule has 0 bridgehead atoms. The van der Waals surface area contributed by atoms with Crippen LogP contribution in [0.5, 0.6) is 5.75 Å². The number of carbonyl (C=O) groups excluding carboxylic acids is 2. The van der Waals surface area contributed by atoms with Gasteiger partial charge in [0.25, 0.3) is 5.91 Å². The molecule has 3 rings (SSSR count). The quantitative estimate of drug-likeness (QED) is 0.542. The molecule has 0 spiro atoms. The summed E-state index contributed by atoms with van der Waals surface area (Å²) in [5, 5.41) is 0. The van der Waals surface area contributed by atoms with Crippen molar-refractivity contribution in [1.29, 1.82) is 0 Å². The van der Waals surface area contributed by atoms with E-state index >= 15 is 0 Å². The second-order valence-electron chi connectivity index (χ2n) is 7.09. The summed E-state index contributed by atoms with van der Waals surface area (Å²) in [6.07, 6.45) is 2.23. The van der Waals surface area contributed by atoms with Gasteiger partial charge in [0.2, 0.25) is 0 Å². The van der Waals surface area contributed by atoms with Gasteiger partial charge in [0.15, 0.2) is 11.3 Å². The molecule has 0 fully saturated rings. The van der Waals surface area contributed by atoms with E-state index in [1.54, 1.807) is 4.40 Å². The summed E-state index contributed by atoms with van der Waals surface area (Å²) in [4.78, 5) is 32.4. The number of hydrogen-bond donors (Lipinski definition) is 1. The predicted octanol–water partition coefficient (Wildman–Crippen LogP) is 2.91. The van der Waals surface area contributed by atoms with Gasteiger partial charge in [-0.3, -0.25) is 14.0 Å². The van der Waals surface area contributed by atoms with Crippen LogP contribution >= 0.6 is 0 Å². The van der Waals surface area contributed by atoms with Gasteiger partial charge in [0.1, 0.15) is 12.1 Å². The SMILES string of the molecule is Cc1cc(C)c(C)c(OC(=O)CCc2c(C)nc3c(C(N)=O)ncn3c2C)c1. The number of aryl methyl sites for hydroxylation is 4. The Morgan fingerprint density at radius 1 is 1.14 bits per heavy atom. The minimum atomic E-state index is -0.617. The van der Waals surface area contributed by atoms with Crippen molar-refractivity contribution in [2.24, 2.45) is 5.73 Å². The van der Waals surface area contributed by atoms with Crippen molar-refractivity contribution in [1.82, 2.24) is 14.4 Å². The first-order chi connectivity index (χ1) is 13.2. The van der Waals surface area contributed by atoms with E-state index in [4.69, 9.17) is 10.5 Å². The number of esters is 1. The first-order valence-electron chi connectivity index (χ1n) is 9.10. The molecule has 2 aromatic heterocycles. The molecule has 3 aromatic rings. The lowest BCUT2D eigenvalue weighted by atomic mass is 10.1. The zero-order valence-corrected chi connectivity index (χ0v) is 16.8. The van der Waals surface area contributed by atoms with E-state index in [2.05, 4.69) is 16.0 Å². The van der Waals surface area contributed by atoms with Crippen molar-refractivity contribution in [2.75, 3.05) is 0 Å². The molecule has 1 aromatic carbocycles. The maximum Gasteiger partial charge on any atom is 0.311 e. The first-order valence-corrected chi connectivity index (χ1v) is 9.10. The lowest BCUT2D eigenvalue weighted by Gasteiger charge is -2.13. The third kappa shape index (κ3) is 3.60. The summed E-state index contributed by atoms with van der Waals surface area (Å²) in [6.45, 7) is 9.67. The highest BCUT2D eigenvalue weighted by atomic mass is 16.5. The van der Waals surface area contributed by atoms with Crippen LogP contribution in [0.2, 0.25) is 0 Å². The lowest BCUT2D eigenvalue weighted by Crippen LogP contribution is -2.14. The van der Waals surface area contributed by atoms with Crippen molar-refractivity contribution < 1.29 is 14.3 Å². The molecule has 0 radical (unpaired) electrons. The van der Waals surface area contributed by atoms with Crippen molar-refractivity contribution in [3.05, 3.63) is 57.8 Å². The number of rotatable bonds is 5. The van der Waals surface area contributed by atoms with Crippen LogP contribution in [0.3, 0.4) is 0 Å². The van der Waals surface area contributed by atoms with Crippen LogP contribution in [0.25, 0.3) is 5.65 Å². The Labute approximate surface area is 163 Å². The highest BCUT2D eigenvalue weighted by Crippen LogP contribution is 2.24. The zero-order valence-electron chi connectivity index (χ0n) is 16.8. The van der Waals surface area contributed by atoms with E-state index < -0.39 is 5.91 Å². The topological polar surface area (TPSA) is 99.6 Å². The van der Waals surface area contributed by atoms with Gasteiger partial charge in [-0.2, -0.15) is 0 Å². The van der Waals surface area contributed by atoms with Gasteiger partial charge < -0.3 is 10.5 Å². The van der Waals surface area contributed by atoms with Crippen LogP contribution in [0, 0.1) is 34.6 Å². The van der Waals surface area contributed by atoms with Gasteiger partial charge in [-0.15, -0.1) is 0 Å². The number of nitrogens with two attached hydrogens (primary N) is 1. The second kappa shape index (κ2) is 7.42. The lowest BCUT2D eigenvalue weighted by molar-refractivity contribution is -0.134. The Morgan fingerprint density at radius 2 is 1.86 bits per heavy atom. The van der Waals surface area contributed by atoms with Crippen LogP contribution in [-0.4, -0.2) is 26.2 Å². The van der Waals surface area contributed by atoms with E-state index in [1.165, 1.54) is 6.33 Å². The smallest absolute Gasteiger partial charge is 0.311 e. The van der Waals surface area contributed by atoms with Crippen LogP contribution in [0.15, 0.2) is 18.5 Å². The number of amides is 1. The number of aromatic nitrogens is 3. The van der Waals surface area contributed by atoms with E-state index in [-0.39, 0.29) is 18.1 Å². The number of fused-ring (bicyclic) bond motifs is 1. The molecule has 28 heavy (non-hydrogen) atoms. The first kappa shape index (κ1) is 19.5. The summed E-state index contributed by atoms with van der Waals surface area (Å²) in [6, 6.07) is 3.94. The molecule has 0 atom stereocenters. The molecular weight excluding hydrogens is 356 g/mol. The van der Waals surface area contributed by atoms with Crippen molar-refractivity contribution >= 4 is 17.5 Å². The number of imidazole rings is 1. The maximum atomic E-state index is 12.4. The van der Waals surface area contributed by atoms with Gasteiger partial charge >= 0.3 is 5.97 Å². The molecule has 146 valence electrons. The number of ether oxygens (including phenoxy) is 1. The third-order valence-electron chi connectivity index (χ3n) is 5.05. The summed E-state index contributed by atoms with van der Waals surface area (Å²) in [5.41, 5.74) is 11.6. The van der Waals surface area contributed by atoms with Crippen LogP contribution in [0.1, 0.15) is 50.6 Å². The largest absolute Gasteiger partial charge is 0.426 e.